The number of aryl methyl sites for hydroxylation is 1. The SMILES string of the molecule is CCCc1occc1C(=O)N1CCC(Cc2ccccc2C(=O)O)CC1. The number of piperidine rings is 1. The van der Waals surface area contributed by atoms with Crippen molar-refractivity contribution in [3.8, 4) is 0 Å². The molecule has 0 atom stereocenters. The Kier molecular flexibility index (Phi) is 5.76. The molecule has 5 nitrogen and oxygen atoms in total. The number of benzene rings is 1. The van der Waals surface area contributed by atoms with Gasteiger partial charge < -0.3 is 14.4 Å². The molecule has 5 heteroatoms. The van der Waals surface area contributed by atoms with Crippen LogP contribution in [0.1, 0.15) is 58.2 Å². The summed E-state index contributed by atoms with van der Waals surface area (Å²) in [5.41, 5.74) is 1.94. The van der Waals surface area contributed by atoms with Gasteiger partial charge in [0.15, 0.2) is 0 Å². The van der Waals surface area contributed by atoms with Crippen LogP contribution in [0, 0.1) is 5.92 Å². The van der Waals surface area contributed by atoms with Gasteiger partial charge in [0.2, 0.25) is 0 Å². The minimum atomic E-state index is -0.878. The molecule has 0 spiro atoms. The van der Waals surface area contributed by atoms with E-state index in [4.69, 9.17) is 4.42 Å². The molecule has 0 unspecified atom stereocenters. The van der Waals surface area contributed by atoms with E-state index in [0.29, 0.717) is 30.1 Å². The van der Waals surface area contributed by atoms with E-state index in [9.17, 15) is 14.7 Å². The number of likely N-dealkylation sites (tertiary alicyclic amines) is 1. The van der Waals surface area contributed by atoms with Gasteiger partial charge in [0.25, 0.3) is 5.91 Å². The quantitative estimate of drug-likeness (QED) is 0.849. The minimum absolute atomic E-state index is 0.0478. The van der Waals surface area contributed by atoms with Gasteiger partial charge in [-0.2, -0.15) is 0 Å². The summed E-state index contributed by atoms with van der Waals surface area (Å²) in [6.45, 7) is 3.47. The van der Waals surface area contributed by atoms with Crippen molar-refractivity contribution >= 4 is 11.9 Å². The van der Waals surface area contributed by atoms with Crippen molar-refractivity contribution in [2.45, 2.75) is 39.0 Å². The summed E-state index contributed by atoms with van der Waals surface area (Å²) in [6, 6.07) is 8.96. The van der Waals surface area contributed by atoms with E-state index in [1.807, 2.05) is 17.0 Å². The van der Waals surface area contributed by atoms with Gasteiger partial charge in [0, 0.05) is 19.5 Å². The minimum Gasteiger partial charge on any atom is -0.478 e. The highest BCUT2D eigenvalue weighted by molar-refractivity contribution is 5.95. The maximum absolute atomic E-state index is 12.8. The molecule has 1 saturated heterocycles. The van der Waals surface area contributed by atoms with Crippen LogP contribution in [0.25, 0.3) is 0 Å². The largest absolute Gasteiger partial charge is 0.478 e. The lowest BCUT2D eigenvalue weighted by Crippen LogP contribution is -2.39. The van der Waals surface area contributed by atoms with E-state index in [1.54, 1.807) is 24.5 Å². The van der Waals surface area contributed by atoms with E-state index < -0.39 is 5.97 Å². The van der Waals surface area contributed by atoms with Crippen molar-refractivity contribution < 1.29 is 19.1 Å². The smallest absolute Gasteiger partial charge is 0.335 e. The van der Waals surface area contributed by atoms with E-state index in [1.165, 1.54) is 0 Å². The first-order valence-corrected chi connectivity index (χ1v) is 9.27. The van der Waals surface area contributed by atoms with Gasteiger partial charge in [-0.15, -0.1) is 0 Å². The monoisotopic (exact) mass is 355 g/mol. The number of carboxylic acid groups (broad SMARTS) is 1. The van der Waals surface area contributed by atoms with Crippen LogP contribution in [0.2, 0.25) is 0 Å². The van der Waals surface area contributed by atoms with Gasteiger partial charge in [0.05, 0.1) is 17.4 Å². The topological polar surface area (TPSA) is 70.8 Å². The lowest BCUT2D eigenvalue weighted by molar-refractivity contribution is 0.0688. The van der Waals surface area contributed by atoms with Crippen LogP contribution in [-0.2, 0) is 12.8 Å². The number of hydrogen-bond donors (Lipinski definition) is 1. The summed E-state index contributed by atoms with van der Waals surface area (Å²) < 4.78 is 5.45. The van der Waals surface area contributed by atoms with Crippen molar-refractivity contribution in [2.75, 3.05) is 13.1 Å². The van der Waals surface area contributed by atoms with Gasteiger partial charge in [-0.3, -0.25) is 4.79 Å². The lowest BCUT2D eigenvalue weighted by atomic mass is 9.88. The molecule has 1 amide bonds. The zero-order valence-corrected chi connectivity index (χ0v) is 15.1. The third kappa shape index (κ3) is 3.98. The normalized spacial score (nSPS) is 15.2. The first kappa shape index (κ1) is 18.2. The summed E-state index contributed by atoms with van der Waals surface area (Å²) >= 11 is 0. The lowest BCUT2D eigenvalue weighted by Gasteiger charge is -2.32. The molecular weight excluding hydrogens is 330 g/mol. The van der Waals surface area contributed by atoms with E-state index in [2.05, 4.69) is 6.92 Å². The standard InChI is InChI=1S/C21H25NO4/c1-2-5-19-18(10-13-26-19)20(23)22-11-8-15(9-12-22)14-16-6-3-4-7-17(16)21(24)25/h3-4,6-7,10,13,15H,2,5,8-9,11-12,14H2,1H3,(H,24,25). The van der Waals surface area contributed by atoms with Crippen LogP contribution in [0.4, 0.5) is 0 Å². The Morgan fingerprint density at radius 1 is 1.15 bits per heavy atom. The molecule has 3 rings (SSSR count). The third-order valence-corrected chi connectivity index (χ3v) is 5.11. The second-order valence-corrected chi connectivity index (χ2v) is 6.91. The fourth-order valence-electron chi connectivity index (χ4n) is 3.68. The number of hydrogen-bond acceptors (Lipinski definition) is 3. The van der Waals surface area contributed by atoms with Gasteiger partial charge >= 0.3 is 5.97 Å². The summed E-state index contributed by atoms with van der Waals surface area (Å²) in [5.74, 6) is 0.345. The van der Waals surface area contributed by atoms with E-state index in [-0.39, 0.29) is 5.91 Å². The average molecular weight is 355 g/mol. The van der Waals surface area contributed by atoms with Crippen LogP contribution in [-0.4, -0.2) is 35.0 Å². The number of carbonyl (C=O) groups is 2. The Morgan fingerprint density at radius 3 is 2.58 bits per heavy atom. The average Bonchev–Trinajstić information content (AvgIpc) is 3.11. The molecule has 26 heavy (non-hydrogen) atoms. The van der Waals surface area contributed by atoms with Crippen LogP contribution in [0.15, 0.2) is 41.0 Å². The number of carboxylic acids is 1. The molecule has 1 aliphatic heterocycles. The Labute approximate surface area is 153 Å². The maximum atomic E-state index is 12.8. The van der Waals surface area contributed by atoms with E-state index in [0.717, 1.165) is 43.4 Å². The summed E-state index contributed by atoms with van der Waals surface area (Å²) in [4.78, 5) is 26.0. The van der Waals surface area contributed by atoms with Crippen LogP contribution >= 0.6 is 0 Å². The molecule has 0 saturated carbocycles. The molecule has 2 heterocycles. The Bertz CT molecular complexity index is 772. The molecule has 0 radical (unpaired) electrons. The molecule has 1 N–H and O–H groups in total. The van der Waals surface area contributed by atoms with Crippen LogP contribution < -0.4 is 0 Å². The highest BCUT2D eigenvalue weighted by Gasteiger charge is 2.26. The zero-order valence-electron chi connectivity index (χ0n) is 15.1. The fourth-order valence-corrected chi connectivity index (χ4v) is 3.68. The number of amides is 1. The van der Waals surface area contributed by atoms with Gasteiger partial charge in [-0.05, 0) is 49.3 Å². The number of aromatic carboxylic acids is 1. The molecule has 1 aliphatic rings. The number of carbonyl (C=O) groups excluding carboxylic acids is 1. The molecule has 0 bridgehead atoms. The predicted octanol–water partition coefficient (Wildman–Crippen LogP) is 4.03. The number of furan rings is 1. The second-order valence-electron chi connectivity index (χ2n) is 6.91. The number of nitrogens with zero attached hydrogens (tertiary/aromatic N) is 1. The molecule has 2 aromatic rings. The molecule has 1 aromatic heterocycles. The summed E-state index contributed by atoms with van der Waals surface area (Å²) in [5, 5.41) is 9.32. The highest BCUT2D eigenvalue weighted by Crippen LogP contribution is 2.25. The van der Waals surface area contributed by atoms with Crippen molar-refractivity contribution in [3.05, 3.63) is 59.0 Å². The second kappa shape index (κ2) is 8.21. The van der Waals surface area contributed by atoms with Gasteiger partial charge in [0.1, 0.15) is 5.76 Å². The summed E-state index contributed by atoms with van der Waals surface area (Å²) in [7, 11) is 0. The Balaban J connectivity index is 1.60. The zero-order chi connectivity index (χ0) is 18.5. The summed E-state index contributed by atoms with van der Waals surface area (Å²) in [6.07, 6.45) is 5.84. The van der Waals surface area contributed by atoms with Crippen LogP contribution in [0.3, 0.4) is 0 Å². The van der Waals surface area contributed by atoms with Crippen molar-refractivity contribution in [2.24, 2.45) is 5.92 Å². The highest BCUT2D eigenvalue weighted by atomic mass is 16.4. The first-order valence-electron chi connectivity index (χ1n) is 9.27. The first-order chi connectivity index (χ1) is 12.6. The molecule has 1 fully saturated rings. The number of rotatable bonds is 6. The fraction of sp³-hybridized carbons (Fsp3) is 0.429. The molecule has 1 aromatic carbocycles. The van der Waals surface area contributed by atoms with Gasteiger partial charge in [-0.25, -0.2) is 4.79 Å². The Hall–Kier alpha value is -2.56. The predicted molar refractivity (Wildman–Crippen MR) is 98.4 cm³/mol. The maximum Gasteiger partial charge on any atom is 0.335 e. The van der Waals surface area contributed by atoms with Crippen molar-refractivity contribution in [1.82, 2.24) is 4.90 Å². The van der Waals surface area contributed by atoms with E-state index >= 15 is 0 Å². The molecular formula is C21H25NO4. The third-order valence-electron chi connectivity index (χ3n) is 5.11. The van der Waals surface area contributed by atoms with Crippen molar-refractivity contribution in [3.63, 3.8) is 0 Å². The molecule has 0 aliphatic carbocycles. The van der Waals surface area contributed by atoms with Crippen molar-refractivity contribution in [1.29, 1.82) is 0 Å². The Morgan fingerprint density at radius 2 is 1.88 bits per heavy atom. The van der Waals surface area contributed by atoms with Crippen LogP contribution in [0.5, 0.6) is 0 Å². The van der Waals surface area contributed by atoms with Gasteiger partial charge in [-0.1, -0.05) is 25.1 Å². The molecule has 138 valence electrons.